The monoisotopic (exact) mass is 371 g/mol. The van der Waals surface area contributed by atoms with Gasteiger partial charge in [0.2, 0.25) is 0 Å². The Balaban J connectivity index is 1.48. The molecular formula is C22H33N3O2. The molecule has 2 aliphatic rings. The van der Waals surface area contributed by atoms with E-state index in [-0.39, 0.29) is 17.2 Å². The lowest BCUT2D eigenvalue weighted by molar-refractivity contribution is 0.0704. The minimum atomic E-state index is -0.0912. The molecule has 3 rings (SSSR count). The van der Waals surface area contributed by atoms with Gasteiger partial charge in [-0.2, -0.15) is 0 Å². The number of hydrogen-bond acceptors (Lipinski definition) is 3. The van der Waals surface area contributed by atoms with E-state index in [9.17, 15) is 9.59 Å². The van der Waals surface area contributed by atoms with E-state index in [1.54, 1.807) is 24.3 Å². The van der Waals surface area contributed by atoms with Crippen LogP contribution in [0.15, 0.2) is 24.3 Å². The number of piperidine rings is 1. The molecule has 5 heteroatoms. The number of likely N-dealkylation sites (tertiary alicyclic amines) is 1. The first-order chi connectivity index (χ1) is 12.8. The maximum atomic E-state index is 12.7. The zero-order valence-corrected chi connectivity index (χ0v) is 16.9. The third-order valence-electron chi connectivity index (χ3n) is 5.35. The van der Waals surface area contributed by atoms with Crippen molar-refractivity contribution in [1.29, 1.82) is 0 Å². The van der Waals surface area contributed by atoms with Crippen LogP contribution in [-0.4, -0.2) is 48.9 Å². The molecule has 1 saturated carbocycles. The van der Waals surface area contributed by atoms with Gasteiger partial charge < -0.3 is 15.5 Å². The fourth-order valence-corrected chi connectivity index (χ4v) is 3.34. The number of nitrogens with one attached hydrogen (secondary N) is 2. The Hall–Kier alpha value is -1.88. The Kier molecular flexibility index (Phi) is 6.20. The zero-order valence-electron chi connectivity index (χ0n) is 16.9. The first-order valence-electron chi connectivity index (χ1n) is 10.2. The second-order valence-electron chi connectivity index (χ2n) is 9.24. The molecule has 1 saturated heterocycles. The first kappa shape index (κ1) is 19.9. The van der Waals surface area contributed by atoms with E-state index in [2.05, 4.69) is 31.4 Å². The number of nitrogens with zero attached hydrogens (tertiary/aromatic N) is 1. The topological polar surface area (TPSA) is 61.4 Å². The summed E-state index contributed by atoms with van der Waals surface area (Å²) < 4.78 is 0. The lowest BCUT2D eigenvalue weighted by Crippen LogP contribution is -2.45. The van der Waals surface area contributed by atoms with Gasteiger partial charge in [0.1, 0.15) is 0 Å². The molecule has 0 unspecified atom stereocenters. The van der Waals surface area contributed by atoms with Gasteiger partial charge in [0.25, 0.3) is 11.8 Å². The first-order valence-corrected chi connectivity index (χ1v) is 10.2. The fourth-order valence-electron chi connectivity index (χ4n) is 3.34. The van der Waals surface area contributed by atoms with Crippen LogP contribution in [0.5, 0.6) is 0 Å². The minimum Gasteiger partial charge on any atom is -0.352 e. The predicted molar refractivity (Wildman–Crippen MR) is 108 cm³/mol. The van der Waals surface area contributed by atoms with Crippen LogP contribution < -0.4 is 10.6 Å². The molecule has 27 heavy (non-hydrogen) atoms. The highest BCUT2D eigenvalue weighted by atomic mass is 16.2. The highest BCUT2D eigenvalue weighted by molar-refractivity contribution is 5.97. The van der Waals surface area contributed by atoms with Gasteiger partial charge in [0, 0.05) is 36.8 Å². The second kappa shape index (κ2) is 8.42. The molecule has 5 nitrogen and oxygen atoms in total. The highest BCUT2D eigenvalue weighted by Gasteiger charge is 2.26. The molecule has 1 aliphatic carbocycles. The van der Waals surface area contributed by atoms with Crippen molar-refractivity contribution in [3.05, 3.63) is 35.4 Å². The number of hydrogen-bond donors (Lipinski definition) is 2. The molecule has 2 N–H and O–H groups in total. The summed E-state index contributed by atoms with van der Waals surface area (Å²) in [5, 5.41) is 6.58. The number of amides is 2. The summed E-state index contributed by atoms with van der Waals surface area (Å²) in [7, 11) is 0. The molecule has 2 fully saturated rings. The molecule has 1 aromatic rings. The van der Waals surface area contributed by atoms with Crippen molar-refractivity contribution in [3.8, 4) is 0 Å². The van der Waals surface area contributed by atoms with Gasteiger partial charge in [-0.05, 0) is 67.8 Å². The standard InChI is InChI=1S/C22H33N3O2/c1-22(2,3)15-24-20(26)17-6-8-18(9-7-17)21(27)25-12-10-19(11-13-25)23-14-16-4-5-16/h6-9,16,19,23H,4-5,10-15H2,1-3H3,(H,24,26). The summed E-state index contributed by atoms with van der Waals surface area (Å²) in [6, 6.07) is 7.57. The highest BCUT2D eigenvalue weighted by Crippen LogP contribution is 2.28. The SMILES string of the molecule is CC(C)(C)CNC(=O)c1ccc(C(=O)N2CCC(NCC3CC3)CC2)cc1. The Morgan fingerprint density at radius 3 is 2.15 bits per heavy atom. The predicted octanol–water partition coefficient (Wildman–Crippen LogP) is 3.07. The molecule has 2 amide bonds. The maximum Gasteiger partial charge on any atom is 0.253 e. The van der Waals surface area contributed by atoms with E-state index >= 15 is 0 Å². The summed E-state index contributed by atoms with van der Waals surface area (Å²) in [6.07, 6.45) is 4.78. The Labute approximate surface area is 162 Å². The number of carbonyl (C=O) groups is 2. The third kappa shape index (κ3) is 6.06. The lowest BCUT2D eigenvalue weighted by atomic mass is 9.97. The molecule has 1 aromatic carbocycles. The van der Waals surface area contributed by atoms with Crippen molar-refractivity contribution in [2.45, 2.75) is 52.5 Å². The molecule has 1 heterocycles. The van der Waals surface area contributed by atoms with Crippen molar-refractivity contribution in [2.75, 3.05) is 26.2 Å². The van der Waals surface area contributed by atoms with Gasteiger partial charge in [-0.25, -0.2) is 0 Å². The third-order valence-corrected chi connectivity index (χ3v) is 5.35. The average molecular weight is 372 g/mol. The number of benzene rings is 1. The van der Waals surface area contributed by atoms with Crippen LogP contribution in [0.1, 0.15) is 67.2 Å². The fraction of sp³-hybridized carbons (Fsp3) is 0.636. The lowest BCUT2D eigenvalue weighted by Gasteiger charge is -2.32. The quantitative estimate of drug-likeness (QED) is 0.808. The van der Waals surface area contributed by atoms with Crippen molar-refractivity contribution < 1.29 is 9.59 Å². The summed E-state index contributed by atoms with van der Waals surface area (Å²) in [4.78, 5) is 26.9. The van der Waals surface area contributed by atoms with Crippen LogP contribution in [0.3, 0.4) is 0 Å². The summed E-state index contributed by atoms with van der Waals surface area (Å²) in [6.45, 7) is 9.61. The molecule has 0 bridgehead atoms. The number of rotatable bonds is 6. The van der Waals surface area contributed by atoms with Crippen LogP contribution in [0.2, 0.25) is 0 Å². The van der Waals surface area contributed by atoms with Crippen molar-refractivity contribution >= 4 is 11.8 Å². The van der Waals surface area contributed by atoms with Crippen LogP contribution in [0, 0.1) is 11.3 Å². The molecule has 0 atom stereocenters. The van der Waals surface area contributed by atoms with Crippen molar-refractivity contribution in [3.63, 3.8) is 0 Å². The minimum absolute atomic E-state index is 0.0468. The van der Waals surface area contributed by atoms with Crippen LogP contribution in [-0.2, 0) is 0 Å². The van der Waals surface area contributed by atoms with Crippen molar-refractivity contribution in [1.82, 2.24) is 15.5 Å². The molecular weight excluding hydrogens is 338 g/mol. The van der Waals surface area contributed by atoms with E-state index in [1.807, 2.05) is 4.90 Å². The molecule has 1 aliphatic heterocycles. The van der Waals surface area contributed by atoms with Gasteiger partial charge in [0.05, 0.1) is 0 Å². The van der Waals surface area contributed by atoms with Crippen LogP contribution in [0.25, 0.3) is 0 Å². The van der Waals surface area contributed by atoms with Gasteiger partial charge >= 0.3 is 0 Å². The second-order valence-corrected chi connectivity index (χ2v) is 9.24. The smallest absolute Gasteiger partial charge is 0.253 e. The van der Waals surface area contributed by atoms with E-state index in [0.29, 0.717) is 23.7 Å². The van der Waals surface area contributed by atoms with E-state index < -0.39 is 0 Å². The molecule has 0 radical (unpaired) electrons. The van der Waals surface area contributed by atoms with Crippen LogP contribution >= 0.6 is 0 Å². The normalized spacial score (nSPS) is 18.4. The summed E-state index contributed by atoms with van der Waals surface area (Å²) >= 11 is 0. The number of carbonyl (C=O) groups excluding carboxylic acids is 2. The largest absolute Gasteiger partial charge is 0.352 e. The average Bonchev–Trinajstić information content (AvgIpc) is 3.48. The van der Waals surface area contributed by atoms with Gasteiger partial charge in [0.15, 0.2) is 0 Å². The van der Waals surface area contributed by atoms with Crippen LogP contribution in [0.4, 0.5) is 0 Å². The molecule has 148 valence electrons. The van der Waals surface area contributed by atoms with E-state index in [1.165, 1.54) is 12.8 Å². The van der Waals surface area contributed by atoms with Gasteiger partial charge in [-0.1, -0.05) is 20.8 Å². The molecule has 0 aromatic heterocycles. The molecule has 0 spiro atoms. The summed E-state index contributed by atoms with van der Waals surface area (Å²) in [5.41, 5.74) is 1.30. The van der Waals surface area contributed by atoms with Crippen molar-refractivity contribution in [2.24, 2.45) is 11.3 Å². The van der Waals surface area contributed by atoms with E-state index in [0.717, 1.165) is 38.4 Å². The van der Waals surface area contributed by atoms with Gasteiger partial charge in [-0.15, -0.1) is 0 Å². The Morgan fingerprint density at radius 2 is 1.59 bits per heavy atom. The Morgan fingerprint density at radius 1 is 1.00 bits per heavy atom. The van der Waals surface area contributed by atoms with Gasteiger partial charge in [-0.3, -0.25) is 9.59 Å². The maximum absolute atomic E-state index is 12.7. The Bertz CT molecular complexity index is 651. The van der Waals surface area contributed by atoms with E-state index in [4.69, 9.17) is 0 Å². The summed E-state index contributed by atoms with van der Waals surface area (Å²) in [5.74, 6) is 0.868. The zero-order chi connectivity index (χ0) is 19.4.